The number of aromatic nitrogens is 1. The summed E-state index contributed by atoms with van der Waals surface area (Å²) in [6.07, 6.45) is 0. The molecule has 114 valence electrons. The van der Waals surface area contributed by atoms with Crippen molar-refractivity contribution in [2.24, 2.45) is 0 Å². The van der Waals surface area contributed by atoms with Gasteiger partial charge in [-0.25, -0.2) is 14.0 Å². The van der Waals surface area contributed by atoms with Crippen LogP contribution in [0.2, 0.25) is 0 Å². The summed E-state index contributed by atoms with van der Waals surface area (Å²) >= 11 is 0. The van der Waals surface area contributed by atoms with E-state index in [1.165, 1.54) is 37.3 Å². The summed E-state index contributed by atoms with van der Waals surface area (Å²) in [7, 11) is 0. The largest absolute Gasteiger partial charge is 0.480 e. The Hall–Kier alpha value is -2.96. The molecule has 0 aliphatic heterocycles. The summed E-state index contributed by atoms with van der Waals surface area (Å²) in [4.78, 5) is 34.5. The molecule has 1 aromatic carbocycles. The minimum atomic E-state index is -1.44. The van der Waals surface area contributed by atoms with Crippen LogP contribution in [0.1, 0.15) is 23.3 Å². The van der Waals surface area contributed by atoms with Gasteiger partial charge in [-0.1, -0.05) is 0 Å². The van der Waals surface area contributed by atoms with E-state index in [1.807, 2.05) is 0 Å². The molecule has 2 N–H and O–H groups in total. The van der Waals surface area contributed by atoms with Gasteiger partial charge in [0.25, 0.3) is 5.56 Å². The number of aromatic carboxylic acids is 1. The van der Waals surface area contributed by atoms with Crippen molar-refractivity contribution in [2.75, 3.05) is 0 Å². The van der Waals surface area contributed by atoms with E-state index in [-0.39, 0.29) is 5.69 Å². The summed E-state index contributed by atoms with van der Waals surface area (Å²) in [5, 5.41) is 18.1. The van der Waals surface area contributed by atoms with Gasteiger partial charge in [0.2, 0.25) is 0 Å². The molecule has 0 radical (unpaired) electrons. The lowest BCUT2D eigenvalue weighted by Crippen LogP contribution is -2.32. The minimum Gasteiger partial charge on any atom is -0.480 e. The van der Waals surface area contributed by atoms with Crippen molar-refractivity contribution in [3.05, 3.63) is 58.1 Å². The van der Waals surface area contributed by atoms with Crippen LogP contribution in [0.25, 0.3) is 11.3 Å². The van der Waals surface area contributed by atoms with Crippen LogP contribution in [0.5, 0.6) is 0 Å². The molecule has 1 heterocycles. The fraction of sp³-hybridized carbons (Fsp3) is 0.133. The van der Waals surface area contributed by atoms with Crippen molar-refractivity contribution in [3.8, 4) is 11.3 Å². The highest BCUT2D eigenvalue weighted by Gasteiger charge is 2.22. The second-order valence-electron chi connectivity index (χ2n) is 4.63. The third-order valence-corrected chi connectivity index (χ3v) is 3.23. The number of nitrogens with zero attached hydrogens (tertiary/aromatic N) is 1. The molecule has 0 fully saturated rings. The van der Waals surface area contributed by atoms with Crippen LogP contribution >= 0.6 is 0 Å². The van der Waals surface area contributed by atoms with Crippen molar-refractivity contribution in [1.29, 1.82) is 0 Å². The Labute approximate surface area is 124 Å². The highest BCUT2D eigenvalue weighted by molar-refractivity contribution is 5.88. The third-order valence-electron chi connectivity index (χ3n) is 3.23. The van der Waals surface area contributed by atoms with E-state index in [4.69, 9.17) is 10.2 Å². The van der Waals surface area contributed by atoms with E-state index < -0.39 is 34.9 Å². The summed E-state index contributed by atoms with van der Waals surface area (Å²) in [6.45, 7) is 1.27. The maximum Gasteiger partial charge on any atom is 0.341 e. The van der Waals surface area contributed by atoms with E-state index >= 15 is 0 Å². The van der Waals surface area contributed by atoms with E-state index in [0.717, 1.165) is 10.6 Å². The normalized spacial score (nSPS) is 11.9. The number of hydrogen-bond donors (Lipinski definition) is 2. The molecule has 7 heteroatoms. The number of carboxylic acids is 2. The third kappa shape index (κ3) is 2.73. The first-order valence-electron chi connectivity index (χ1n) is 6.30. The van der Waals surface area contributed by atoms with E-state index in [2.05, 4.69) is 0 Å². The monoisotopic (exact) mass is 305 g/mol. The molecule has 0 aliphatic rings. The lowest BCUT2D eigenvalue weighted by molar-refractivity contribution is -0.140. The first-order chi connectivity index (χ1) is 10.3. The van der Waals surface area contributed by atoms with Gasteiger partial charge in [0.05, 0.1) is 5.69 Å². The average Bonchev–Trinajstić information content (AvgIpc) is 2.46. The Morgan fingerprint density at radius 3 is 2.18 bits per heavy atom. The van der Waals surface area contributed by atoms with Gasteiger partial charge >= 0.3 is 11.9 Å². The molecule has 0 spiro atoms. The predicted octanol–water partition coefficient (Wildman–Crippen LogP) is 2.00. The smallest absolute Gasteiger partial charge is 0.341 e. The Morgan fingerprint density at radius 1 is 1.09 bits per heavy atom. The Balaban J connectivity index is 2.76. The van der Waals surface area contributed by atoms with Gasteiger partial charge in [-0.2, -0.15) is 0 Å². The van der Waals surface area contributed by atoms with Crippen LogP contribution in [0.4, 0.5) is 4.39 Å². The van der Waals surface area contributed by atoms with Crippen molar-refractivity contribution in [1.82, 2.24) is 4.57 Å². The molecule has 0 saturated carbocycles. The predicted molar refractivity (Wildman–Crippen MR) is 75.4 cm³/mol. The number of rotatable bonds is 4. The van der Waals surface area contributed by atoms with Gasteiger partial charge in [-0.3, -0.25) is 9.36 Å². The summed E-state index contributed by atoms with van der Waals surface area (Å²) in [5.74, 6) is -3.21. The number of carboxylic acid groups (broad SMARTS) is 2. The van der Waals surface area contributed by atoms with Crippen molar-refractivity contribution >= 4 is 11.9 Å². The second kappa shape index (κ2) is 5.80. The zero-order chi connectivity index (χ0) is 16.4. The molecule has 0 aliphatic carbocycles. The fourth-order valence-electron chi connectivity index (χ4n) is 2.07. The molecule has 6 nitrogen and oxygen atoms in total. The van der Waals surface area contributed by atoms with Crippen molar-refractivity contribution in [2.45, 2.75) is 13.0 Å². The maximum absolute atomic E-state index is 13.0. The topological polar surface area (TPSA) is 96.6 Å². The number of carbonyl (C=O) groups is 2. The standard InChI is InChI=1S/C15H12FNO5/c1-8(14(19)20)17-12(9-2-4-10(16)5-3-9)7-6-11(13(17)18)15(21)22/h2-8H,1H3,(H,19,20)(H,21,22). The zero-order valence-electron chi connectivity index (χ0n) is 11.5. The molecule has 0 saturated heterocycles. The number of pyridine rings is 1. The van der Waals surface area contributed by atoms with Crippen molar-refractivity contribution < 1.29 is 24.2 Å². The molecule has 22 heavy (non-hydrogen) atoms. The summed E-state index contributed by atoms with van der Waals surface area (Å²) in [6, 6.07) is 6.27. The zero-order valence-corrected chi connectivity index (χ0v) is 11.5. The van der Waals surface area contributed by atoms with Gasteiger partial charge in [0.1, 0.15) is 17.4 Å². The van der Waals surface area contributed by atoms with Crippen LogP contribution in [-0.4, -0.2) is 26.7 Å². The number of hydrogen-bond acceptors (Lipinski definition) is 3. The molecular weight excluding hydrogens is 293 g/mol. The van der Waals surface area contributed by atoms with Gasteiger partial charge in [0, 0.05) is 0 Å². The molecular formula is C15H12FNO5. The summed E-state index contributed by atoms with van der Waals surface area (Å²) < 4.78 is 13.9. The number of halogens is 1. The quantitative estimate of drug-likeness (QED) is 0.900. The minimum absolute atomic E-state index is 0.199. The van der Waals surface area contributed by atoms with Gasteiger partial charge in [-0.05, 0) is 48.9 Å². The number of aliphatic carboxylic acids is 1. The molecule has 1 unspecified atom stereocenters. The average molecular weight is 305 g/mol. The van der Waals surface area contributed by atoms with Crippen LogP contribution in [0.15, 0.2) is 41.2 Å². The van der Waals surface area contributed by atoms with Crippen molar-refractivity contribution in [3.63, 3.8) is 0 Å². The van der Waals surface area contributed by atoms with Gasteiger partial charge in [-0.15, -0.1) is 0 Å². The van der Waals surface area contributed by atoms with Crippen LogP contribution in [0, 0.1) is 5.82 Å². The first-order valence-corrected chi connectivity index (χ1v) is 6.30. The highest BCUT2D eigenvalue weighted by Crippen LogP contribution is 2.22. The van der Waals surface area contributed by atoms with Crippen LogP contribution < -0.4 is 5.56 Å². The Kier molecular flexibility index (Phi) is 4.07. The Morgan fingerprint density at radius 2 is 1.68 bits per heavy atom. The fourth-order valence-corrected chi connectivity index (χ4v) is 2.07. The van der Waals surface area contributed by atoms with Gasteiger partial charge in [0.15, 0.2) is 0 Å². The molecule has 2 aromatic rings. The molecule has 1 atom stereocenters. The number of benzene rings is 1. The van der Waals surface area contributed by atoms with Crippen LogP contribution in [0.3, 0.4) is 0 Å². The lowest BCUT2D eigenvalue weighted by atomic mass is 10.1. The summed E-state index contributed by atoms with van der Waals surface area (Å²) in [5.41, 5.74) is -0.850. The molecule has 1 aromatic heterocycles. The SMILES string of the molecule is CC(C(=O)O)n1c(-c2ccc(F)cc2)ccc(C(=O)O)c1=O. The lowest BCUT2D eigenvalue weighted by Gasteiger charge is -2.17. The van der Waals surface area contributed by atoms with E-state index in [1.54, 1.807) is 0 Å². The Bertz CT molecular complexity index is 795. The van der Waals surface area contributed by atoms with Crippen LogP contribution in [-0.2, 0) is 4.79 Å². The first kappa shape index (κ1) is 15.4. The van der Waals surface area contributed by atoms with E-state index in [0.29, 0.717) is 5.56 Å². The second-order valence-corrected chi connectivity index (χ2v) is 4.63. The highest BCUT2D eigenvalue weighted by atomic mass is 19.1. The molecule has 0 bridgehead atoms. The molecule has 0 amide bonds. The van der Waals surface area contributed by atoms with Gasteiger partial charge < -0.3 is 10.2 Å². The molecule has 2 rings (SSSR count). The maximum atomic E-state index is 13.0. The van der Waals surface area contributed by atoms with E-state index in [9.17, 15) is 18.8 Å².